The molecule has 254 valence electrons. The van der Waals surface area contributed by atoms with E-state index in [1.807, 2.05) is 12.1 Å². The maximum Gasteiger partial charge on any atom is 0.228 e. The highest BCUT2D eigenvalue weighted by Crippen LogP contribution is 2.36. The zero-order valence-electron chi connectivity index (χ0n) is 27.4. The van der Waals surface area contributed by atoms with Gasteiger partial charge in [0, 0.05) is 67.5 Å². The Morgan fingerprint density at radius 1 is 0.750 bits per heavy atom. The number of aromatic nitrogens is 2. The minimum atomic E-state index is 0. The average Bonchev–Trinajstić information content (AvgIpc) is 3.13. The van der Waals surface area contributed by atoms with E-state index in [-0.39, 0.29) is 24.8 Å². The number of para-hydroxylation sites is 1. The summed E-state index contributed by atoms with van der Waals surface area (Å²) in [5.74, 6) is 3.50. The van der Waals surface area contributed by atoms with Crippen LogP contribution in [0.4, 0.5) is 23.1 Å². The first-order chi connectivity index (χ1) is 22.7. The van der Waals surface area contributed by atoms with E-state index in [2.05, 4.69) is 98.5 Å². The number of benzene rings is 4. The van der Waals surface area contributed by atoms with Crippen LogP contribution in [0.25, 0.3) is 21.7 Å². The zero-order valence-corrected chi connectivity index (χ0v) is 29.0. The fourth-order valence-electron chi connectivity index (χ4n) is 6.49. The minimum absolute atomic E-state index is 0. The SMILES string of the molecule is COc1cc2c(NCCNc3cccc4ccccc34)nc(N3CCN(c4ccccc4)CC3)nc2cc1OCC1CCNCC1.Cl.Cl. The zero-order chi connectivity index (χ0) is 31.1. The summed E-state index contributed by atoms with van der Waals surface area (Å²) in [5, 5.41) is 14.0. The Bertz CT molecular complexity index is 1760. The Kier molecular flexibility index (Phi) is 12.3. The molecule has 11 heteroatoms. The molecular formula is C37H45Cl2N7O2. The lowest BCUT2D eigenvalue weighted by Crippen LogP contribution is -2.47. The number of hydrogen-bond donors (Lipinski definition) is 3. The standard InChI is InChI=1S/C37H43N7O2.2ClH/c1-45-34-24-31-33(25-35(34)46-26-27-14-16-38-17-15-27)41-37(44-22-20-43(21-23-44)29-10-3-2-4-11-29)42-36(31)40-19-18-39-32-13-7-9-28-8-5-6-12-30(28)32;;/h2-13,24-25,27,38-39H,14-23,26H2,1H3,(H,40,41,42);2*1H. The van der Waals surface area contributed by atoms with Crippen LogP contribution in [0.5, 0.6) is 11.5 Å². The molecule has 0 spiro atoms. The van der Waals surface area contributed by atoms with Gasteiger partial charge in [-0.3, -0.25) is 0 Å². The summed E-state index contributed by atoms with van der Waals surface area (Å²) >= 11 is 0. The molecule has 2 aliphatic heterocycles. The van der Waals surface area contributed by atoms with Crippen LogP contribution in [0, 0.1) is 5.92 Å². The highest BCUT2D eigenvalue weighted by molar-refractivity contribution is 5.94. The lowest BCUT2D eigenvalue weighted by molar-refractivity contribution is 0.208. The quantitative estimate of drug-likeness (QED) is 0.129. The van der Waals surface area contributed by atoms with Crippen molar-refractivity contribution in [2.75, 3.05) is 86.5 Å². The molecule has 9 nitrogen and oxygen atoms in total. The molecule has 4 aromatic carbocycles. The Balaban J connectivity index is 0.00000225. The number of ether oxygens (including phenoxy) is 2. The monoisotopic (exact) mass is 689 g/mol. The number of nitrogens with zero attached hydrogens (tertiary/aromatic N) is 4. The molecule has 7 rings (SSSR count). The van der Waals surface area contributed by atoms with E-state index < -0.39 is 0 Å². The fourth-order valence-corrected chi connectivity index (χ4v) is 6.49. The predicted octanol–water partition coefficient (Wildman–Crippen LogP) is 6.86. The van der Waals surface area contributed by atoms with Crippen LogP contribution in [-0.2, 0) is 0 Å². The molecule has 1 aromatic heterocycles. The first kappa shape index (κ1) is 35.1. The molecule has 2 saturated heterocycles. The molecular weight excluding hydrogens is 645 g/mol. The number of methoxy groups -OCH3 is 1. The molecule has 5 aromatic rings. The molecule has 3 heterocycles. The Labute approximate surface area is 295 Å². The first-order valence-corrected chi connectivity index (χ1v) is 16.5. The van der Waals surface area contributed by atoms with Crippen LogP contribution in [0.15, 0.2) is 84.9 Å². The molecule has 3 N–H and O–H groups in total. The molecule has 0 radical (unpaired) electrons. The van der Waals surface area contributed by atoms with Crippen LogP contribution in [0.1, 0.15) is 12.8 Å². The topological polar surface area (TPSA) is 86.8 Å². The summed E-state index contributed by atoms with van der Waals surface area (Å²) in [7, 11) is 1.70. The van der Waals surface area contributed by atoms with Crippen LogP contribution < -0.4 is 35.2 Å². The third-order valence-corrected chi connectivity index (χ3v) is 9.11. The van der Waals surface area contributed by atoms with Gasteiger partial charge in [0.05, 0.1) is 19.2 Å². The highest BCUT2D eigenvalue weighted by Gasteiger charge is 2.22. The number of fused-ring (bicyclic) bond motifs is 2. The number of anilines is 4. The number of piperidine rings is 1. The molecule has 0 amide bonds. The van der Waals surface area contributed by atoms with Gasteiger partial charge in [-0.1, -0.05) is 54.6 Å². The number of rotatable bonds is 11. The number of hydrogen-bond acceptors (Lipinski definition) is 9. The summed E-state index contributed by atoms with van der Waals surface area (Å²) in [5.41, 5.74) is 3.23. The molecule has 0 bridgehead atoms. The van der Waals surface area contributed by atoms with E-state index in [0.29, 0.717) is 24.8 Å². The molecule has 2 fully saturated rings. The van der Waals surface area contributed by atoms with E-state index in [9.17, 15) is 0 Å². The van der Waals surface area contributed by atoms with Crippen LogP contribution >= 0.6 is 24.8 Å². The van der Waals surface area contributed by atoms with E-state index in [4.69, 9.17) is 19.4 Å². The molecule has 0 atom stereocenters. The average molecular weight is 691 g/mol. The van der Waals surface area contributed by atoms with E-state index in [1.54, 1.807) is 7.11 Å². The van der Waals surface area contributed by atoms with Gasteiger partial charge in [-0.05, 0) is 61.5 Å². The highest BCUT2D eigenvalue weighted by atomic mass is 35.5. The van der Waals surface area contributed by atoms with Gasteiger partial charge in [-0.25, -0.2) is 4.98 Å². The van der Waals surface area contributed by atoms with E-state index in [0.717, 1.165) is 92.8 Å². The van der Waals surface area contributed by atoms with Crippen molar-refractivity contribution in [3.05, 3.63) is 84.9 Å². The number of piperazine rings is 1. The third kappa shape index (κ3) is 8.09. The summed E-state index contributed by atoms with van der Waals surface area (Å²) in [6, 6.07) is 29.5. The Hall–Kier alpha value is -4.18. The Morgan fingerprint density at radius 3 is 2.25 bits per heavy atom. The van der Waals surface area contributed by atoms with Gasteiger partial charge in [0.25, 0.3) is 0 Å². The first-order valence-electron chi connectivity index (χ1n) is 16.5. The second-order valence-corrected chi connectivity index (χ2v) is 12.1. The number of halogens is 2. The van der Waals surface area contributed by atoms with Gasteiger partial charge in [0.2, 0.25) is 5.95 Å². The van der Waals surface area contributed by atoms with Crippen molar-refractivity contribution in [1.29, 1.82) is 0 Å². The summed E-state index contributed by atoms with van der Waals surface area (Å²) < 4.78 is 12.2. The lowest BCUT2D eigenvalue weighted by Gasteiger charge is -2.36. The molecule has 0 aliphatic carbocycles. The summed E-state index contributed by atoms with van der Waals surface area (Å²) in [4.78, 5) is 14.9. The van der Waals surface area contributed by atoms with Gasteiger partial charge in [0.15, 0.2) is 11.5 Å². The van der Waals surface area contributed by atoms with Crippen LogP contribution in [-0.4, -0.2) is 76.0 Å². The largest absolute Gasteiger partial charge is 0.493 e. The third-order valence-electron chi connectivity index (χ3n) is 9.11. The molecule has 0 unspecified atom stereocenters. The van der Waals surface area contributed by atoms with E-state index >= 15 is 0 Å². The minimum Gasteiger partial charge on any atom is -0.493 e. The van der Waals surface area contributed by atoms with Gasteiger partial charge in [-0.15, -0.1) is 24.8 Å². The van der Waals surface area contributed by atoms with Gasteiger partial charge < -0.3 is 35.2 Å². The van der Waals surface area contributed by atoms with E-state index in [1.165, 1.54) is 16.5 Å². The molecule has 0 saturated carbocycles. The van der Waals surface area contributed by atoms with Crippen molar-refractivity contribution in [3.8, 4) is 11.5 Å². The lowest BCUT2D eigenvalue weighted by atomic mass is 9.99. The molecule has 2 aliphatic rings. The summed E-state index contributed by atoms with van der Waals surface area (Å²) in [6.07, 6.45) is 2.25. The van der Waals surface area contributed by atoms with Gasteiger partial charge in [-0.2, -0.15) is 4.98 Å². The second kappa shape index (κ2) is 16.8. The second-order valence-electron chi connectivity index (χ2n) is 12.1. The van der Waals surface area contributed by atoms with Crippen molar-refractivity contribution in [2.45, 2.75) is 12.8 Å². The maximum absolute atomic E-state index is 6.38. The van der Waals surface area contributed by atoms with Crippen molar-refractivity contribution in [2.24, 2.45) is 5.92 Å². The van der Waals surface area contributed by atoms with Crippen molar-refractivity contribution in [3.63, 3.8) is 0 Å². The smallest absolute Gasteiger partial charge is 0.228 e. The normalized spacial score (nSPS) is 15.0. The predicted molar refractivity (Wildman–Crippen MR) is 203 cm³/mol. The van der Waals surface area contributed by atoms with Crippen molar-refractivity contribution >= 4 is 69.6 Å². The van der Waals surface area contributed by atoms with Gasteiger partial charge >= 0.3 is 0 Å². The van der Waals surface area contributed by atoms with Crippen molar-refractivity contribution in [1.82, 2.24) is 15.3 Å². The molecule has 48 heavy (non-hydrogen) atoms. The van der Waals surface area contributed by atoms with Crippen LogP contribution in [0.2, 0.25) is 0 Å². The van der Waals surface area contributed by atoms with Crippen LogP contribution in [0.3, 0.4) is 0 Å². The van der Waals surface area contributed by atoms with Crippen molar-refractivity contribution < 1.29 is 9.47 Å². The fraction of sp³-hybridized carbons (Fsp3) is 0.351. The van der Waals surface area contributed by atoms with Gasteiger partial charge in [0.1, 0.15) is 5.82 Å². The maximum atomic E-state index is 6.38. The summed E-state index contributed by atoms with van der Waals surface area (Å²) in [6.45, 7) is 7.70. The number of nitrogens with one attached hydrogen (secondary N) is 3. The Morgan fingerprint density at radius 2 is 1.46 bits per heavy atom.